The van der Waals surface area contributed by atoms with E-state index in [0.29, 0.717) is 17.9 Å². The molecule has 1 saturated heterocycles. The first-order valence-corrected chi connectivity index (χ1v) is 6.60. The number of ether oxygens (including phenoxy) is 1. The highest BCUT2D eigenvalue weighted by atomic mass is 16.8. The number of benzene rings is 1. The monoisotopic (exact) mass is 278 g/mol. The number of carbonyl (C=O) groups excluding carboxylic acids is 2. The van der Waals surface area contributed by atoms with Crippen molar-refractivity contribution in [1.82, 2.24) is 5.48 Å². The van der Waals surface area contributed by atoms with Crippen LogP contribution in [0.15, 0.2) is 24.3 Å². The molecule has 2 rings (SSSR count). The molecular weight excluding hydrogens is 260 g/mol. The van der Waals surface area contributed by atoms with Gasteiger partial charge in [-0.05, 0) is 37.1 Å². The number of hydrogen-bond donors (Lipinski definition) is 2. The molecule has 0 radical (unpaired) electrons. The van der Waals surface area contributed by atoms with Crippen molar-refractivity contribution in [1.29, 1.82) is 0 Å². The van der Waals surface area contributed by atoms with Gasteiger partial charge in [-0.15, -0.1) is 0 Å². The van der Waals surface area contributed by atoms with Crippen LogP contribution in [0.3, 0.4) is 0 Å². The van der Waals surface area contributed by atoms with Crippen LogP contribution in [-0.2, 0) is 14.4 Å². The highest BCUT2D eigenvalue weighted by Gasteiger charge is 2.16. The Bertz CT molecular complexity index is 467. The summed E-state index contributed by atoms with van der Waals surface area (Å²) in [7, 11) is 0. The number of hydrogen-bond acceptors (Lipinski definition) is 4. The van der Waals surface area contributed by atoms with Crippen LogP contribution in [0.5, 0.6) is 0 Å². The number of hydroxylamine groups is 1. The molecule has 1 aliphatic rings. The van der Waals surface area contributed by atoms with Crippen LogP contribution in [-0.4, -0.2) is 24.7 Å². The van der Waals surface area contributed by atoms with Crippen molar-refractivity contribution >= 4 is 17.5 Å². The fraction of sp³-hybridized carbons (Fsp3) is 0.429. The van der Waals surface area contributed by atoms with E-state index in [0.717, 1.165) is 19.3 Å². The van der Waals surface area contributed by atoms with Gasteiger partial charge >= 0.3 is 0 Å². The maximum absolute atomic E-state index is 11.8. The van der Waals surface area contributed by atoms with Gasteiger partial charge in [-0.1, -0.05) is 0 Å². The van der Waals surface area contributed by atoms with Crippen molar-refractivity contribution in [3.8, 4) is 0 Å². The topological polar surface area (TPSA) is 76.7 Å². The van der Waals surface area contributed by atoms with E-state index in [2.05, 4.69) is 10.8 Å². The molecule has 108 valence electrons. The van der Waals surface area contributed by atoms with Crippen LogP contribution in [0.2, 0.25) is 0 Å². The van der Waals surface area contributed by atoms with Crippen molar-refractivity contribution in [3.63, 3.8) is 0 Å². The van der Waals surface area contributed by atoms with Gasteiger partial charge in [-0.3, -0.25) is 9.59 Å². The number of amides is 2. The summed E-state index contributed by atoms with van der Waals surface area (Å²) in [6.07, 6.45) is 2.47. The maximum atomic E-state index is 11.8. The molecule has 0 saturated carbocycles. The second-order valence-electron chi connectivity index (χ2n) is 4.60. The molecule has 0 aromatic heterocycles. The summed E-state index contributed by atoms with van der Waals surface area (Å²) in [5, 5.41) is 2.63. The molecule has 0 bridgehead atoms. The summed E-state index contributed by atoms with van der Waals surface area (Å²) in [5.41, 5.74) is 3.48. The Labute approximate surface area is 117 Å². The van der Waals surface area contributed by atoms with Gasteiger partial charge in [0.1, 0.15) is 0 Å². The molecule has 1 atom stereocenters. The Balaban J connectivity index is 1.83. The predicted molar refractivity (Wildman–Crippen MR) is 72.9 cm³/mol. The van der Waals surface area contributed by atoms with Crippen molar-refractivity contribution in [3.05, 3.63) is 29.8 Å². The smallest absolute Gasteiger partial charge is 0.274 e. The van der Waals surface area contributed by atoms with Gasteiger partial charge in [0.2, 0.25) is 5.91 Å². The van der Waals surface area contributed by atoms with Crippen molar-refractivity contribution < 1.29 is 19.2 Å². The molecule has 0 spiro atoms. The van der Waals surface area contributed by atoms with Crippen LogP contribution in [0.1, 0.15) is 36.5 Å². The van der Waals surface area contributed by atoms with Gasteiger partial charge < -0.3 is 10.1 Å². The summed E-state index contributed by atoms with van der Waals surface area (Å²) < 4.78 is 5.34. The van der Waals surface area contributed by atoms with E-state index in [1.807, 2.05) is 0 Å². The second kappa shape index (κ2) is 7.02. The lowest BCUT2D eigenvalue weighted by atomic mass is 10.2. The Morgan fingerprint density at radius 3 is 2.60 bits per heavy atom. The quantitative estimate of drug-likeness (QED) is 0.824. The van der Waals surface area contributed by atoms with Gasteiger partial charge in [0.15, 0.2) is 6.29 Å². The van der Waals surface area contributed by atoms with E-state index < -0.39 is 0 Å². The third-order valence-corrected chi connectivity index (χ3v) is 2.89. The van der Waals surface area contributed by atoms with Gasteiger partial charge in [-0.25, -0.2) is 10.3 Å². The number of rotatable bonds is 4. The lowest BCUT2D eigenvalue weighted by Gasteiger charge is -2.22. The Morgan fingerprint density at radius 1 is 1.25 bits per heavy atom. The van der Waals surface area contributed by atoms with Crippen LogP contribution in [0, 0.1) is 0 Å². The van der Waals surface area contributed by atoms with E-state index in [9.17, 15) is 9.59 Å². The van der Waals surface area contributed by atoms with E-state index in [-0.39, 0.29) is 18.1 Å². The van der Waals surface area contributed by atoms with E-state index in [4.69, 9.17) is 9.57 Å². The molecule has 0 aliphatic carbocycles. The molecule has 6 nitrogen and oxygen atoms in total. The van der Waals surface area contributed by atoms with Gasteiger partial charge in [0, 0.05) is 31.2 Å². The van der Waals surface area contributed by atoms with Gasteiger partial charge in [0.05, 0.1) is 0 Å². The normalized spacial score (nSPS) is 18.4. The zero-order valence-electron chi connectivity index (χ0n) is 11.3. The largest absolute Gasteiger partial charge is 0.350 e. The van der Waals surface area contributed by atoms with Crippen molar-refractivity contribution in [2.24, 2.45) is 0 Å². The molecule has 2 amide bonds. The SMILES string of the molecule is CC(=O)Nc1ccc(C(=O)NOC2CCCCO2)cc1. The molecule has 2 N–H and O–H groups in total. The first kappa shape index (κ1) is 14.5. The number of anilines is 1. The average molecular weight is 278 g/mol. The fourth-order valence-corrected chi connectivity index (χ4v) is 1.89. The first-order chi connectivity index (χ1) is 9.65. The maximum Gasteiger partial charge on any atom is 0.274 e. The fourth-order valence-electron chi connectivity index (χ4n) is 1.89. The molecule has 1 aliphatic heterocycles. The Kier molecular flexibility index (Phi) is 5.09. The minimum absolute atomic E-state index is 0.153. The third-order valence-electron chi connectivity index (χ3n) is 2.89. The molecule has 1 fully saturated rings. The van der Waals surface area contributed by atoms with Crippen LogP contribution < -0.4 is 10.8 Å². The van der Waals surface area contributed by atoms with E-state index in [1.165, 1.54) is 6.92 Å². The van der Waals surface area contributed by atoms with Crippen molar-refractivity contribution in [2.75, 3.05) is 11.9 Å². The Morgan fingerprint density at radius 2 is 2.00 bits per heavy atom. The standard InChI is InChI=1S/C14H18N2O4/c1-10(17)15-12-7-5-11(6-8-12)14(18)16-20-13-4-2-3-9-19-13/h5-8,13H,2-4,9H2,1H3,(H,15,17)(H,16,18). The zero-order valence-corrected chi connectivity index (χ0v) is 11.3. The Hall–Kier alpha value is -1.92. The first-order valence-electron chi connectivity index (χ1n) is 6.60. The lowest BCUT2D eigenvalue weighted by molar-refractivity contribution is -0.186. The van der Waals surface area contributed by atoms with Crippen LogP contribution >= 0.6 is 0 Å². The number of carbonyl (C=O) groups is 2. The zero-order chi connectivity index (χ0) is 14.4. The minimum atomic E-state index is -0.369. The summed E-state index contributed by atoms with van der Waals surface area (Å²) in [6, 6.07) is 6.55. The lowest BCUT2D eigenvalue weighted by Crippen LogP contribution is -2.33. The summed E-state index contributed by atoms with van der Waals surface area (Å²) in [4.78, 5) is 27.9. The highest BCUT2D eigenvalue weighted by molar-refractivity contribution is 5.94. The second-order valence-corrected chi connectivity index (χ2v) is 4.60. The van der Waals surface area contributed by atoms with Crippen LogP contribution in [0.25, 0.3) is 0 Å². The molecule has 1 heterocycles. The van der Waals surface area contributed by atoms with Crippen LogP contribution in [0.4, 0.5) is 5.69 Å². The molecule has 20 heavy (non-hydrogen) atoms. The highest BCUT2D eigenvalue weighted by Crippen LogP contribution is 2.13. The molecule has 1 aromatic carbocycles. The van der Waals surface area contributed by atoms with E-state index in [1.54, 1.807) is 24.3 Å². The molecule has 6 heteroatoms. The molecule has 1 unspecified atom stereocenters. The minimum Gasteiger partial charge on any atom is -0.350 e. The third kappa shape index (κ3) is 4.32. The van der Waals surface area contributed by atoms with Gasteiger partial charge in [0.25, 0.3) is 5.91 Å². The molecule has 1 aromatic rings. The summed E-state index contributed by atoms with van der Waals surface area (Å²) in [5.74, 6) is -0.492. The van der Waals surface area contributed by atoms with Crippen molar-refractivity contribution in [2.45, 2.75) is 32.5 Å². The predicted octanol–water partition coefficient (Wildman–Crippen LogP) is 1.83. The summed E-state index contributed by atoms with van der Waals surface area (Å²) >= 11 is 0. The molecular formula is C14H18N2O4. The van der Waals surface area contributed by atoms with Gasteiger partial charge in [-0.2, -0.15) is 0 Å². The average Bonchev–Trinajstić information content (AvgIpc) is 2.46. The van der Waals surface area contributed by atoms with E-state index >= 15 is 0 Å². The summed E-state index contributed by atoms with van der Waals surface area (Å²) in [6.45, 7) is 2.09. The number of nitrogens with one attached hydrogen (secondary N) is 2.